The van der Waals surface area contributed by atoms with E-state index in [1.807, 2.05) is 4.68 Å². The van der Waals surface area contributed by atoms with Gasteiger partial charge in [0.1, 0.15) is 0 Å². The third-order valence-corrected chi connectivity index (χ3v) is 2.85. The zero-order valence-electron chi connectivity index (χ0n) is 12.9. The molecule has 1 heterocycles. The van der Waals surface area contributed by atoms with Gasteiger partial charge in [0.05, 0.1) is 5.69 Å². The molecule has 0 saturated carbocycles. The second-order valence-corrected chi connectivity index (χ2v) is 6.04. The highest BCUT2D eigenvalue weighted by Gasteiger charge is 2.02. The molecule has 0 aromatic carbocycles. The van der Waals surface area contributed by atoms with Crippen molar-refractivity contribution in [2.24, 2.45) is 5.41 Å². The van der Waals surface area contributed by atoms with E-state index in [9.17, 15) is 0 Å². The summed E-state index contributed by atoms with van der Waals surface area (Å²) in [5, 5.41) is 8.20. The van der Waals surface area contributed by atoms with Gasteiger partial charge < -0.3 is 0 Å². The third-order valence-electron chi connectivity index (χ3n) is 2.85. The van der Waals surface area contributed by atoms with Crippen molar-refractivity contribution in [2.45, 2.75) is 72.8 Å². The predicted octanol–water partition coefficient (Wildman–Crippen LogP) is 3.84. The molecule has 1 aromatic rings. The maximum Gasteiger partial charge on any atom is 0.0824 e. The molecule has 0 atom stereocenters. The maximum absolute atomic E-state index is 4.11. The van der Waals surface area contributed by atoms with Gasteiger partial charge in [0.2, 0.25) is 0 Å². The summed E-state index contributed by atoms with van der Waals surface area (Å²) < 4.78 is 1.96. The lowest BCUT2D eigenvalue weighted by Gasteiger charge is -2.06. The summed E-state index contributed by atoms with van der Waals surface area (Å²) >= 11 is 0. The second kappa shape index (κ2) is 7.99. The van der Waals surface area contributed by atoms with E-state index in [2.05, 4.69) is 56.0 Å². The van der Waals surface area contributed by atoms with Crippen LogP contribution in [0.15, 0.2) is 6.20 Å². The van der Waals surface area contributed by atoms with Gasteiger partial charge in [-0.15, -0.1) is 11.0 Å². The first-order valence-corrected chi connectivity index (χ1v) is 7.40. The lowest BCUT2D eigenvalue weighted by atomic mass is 9.97. The first-order chi connectivity index (χ1) is 9.01. The zero-order valence-corrected chi connectivity index (χ0v) is 12.9. The van der Waals surface area contributed by atoms with Gasteiger partial charge >= 0.3 is 0 Å². The molecule has 0 bridgehead atoms. The fourth-order valence-electron chi connectivity index (χ4n) is 1.78. The molecule has 1 aromatic heterocycles. The summed E-state index contributed by atoms with van der Waals surface area (Å²) in [5.74, 6) is 6.54. The van der Waals surface area contributed by atoms with Crippen LogP contribution >= 0.6 is 0 Å². The molecule has 0 spiro atoms. The average Bonchev–Trinajstić information content (AvgIpc) is 2.79. The molecule has 0 aliphatic rings. The van der Waals surface area contributed by atoms with Gasteiger partial charge in [0, 0.05) is 24.6 Å². The van der Waals surface area contributed by atoms with Crippen LogP contribution in [0.5, 0.6) is 0 Å². The molecular weight excluding hydrogens is 234 g/mol. The highest BCUT2D eigenvalue weighted by Crippen LogP contribution is 2.10. The number of rotatable bonds is 7. The Labute approximate surface area is 117 Å². The molecule has 0 N–H and O–H groups in total. The minimum absolute atomic E-state index is 0.143. The Morgan fingerprint density at radius 1 is 1.16 bits per heavy atom. The summed E-state index contributed by atoms with van der Waals surface area (Å²) in [6.45, 7) is 9.56. The summed E-state index contributed by atoms with van der Waals surface area (Å²) in [5.41, 5.74) is 1.22. The van der Waals surface area contributed by atoms with Crippen LogP contribution in [-0.4, -0.2) is 15.0 Å². The van der Waals surface area contributed by atoms with Crippen molar-refractivity contribution in [3.63, 3.8) is 0 Å². The fourth-order valence-corrected chi connectivity index (χ4v) is 1.78. The summed E-state index contributed by atoms with van der Waals surface area (Å²) in [6.07, 6.45) is 8.94. The molecular formula is C16H27N3. The van der Waals surface area contributed by atoms with Gasteiger partial charge in [-0.3, -0.25) is 4.68 Å². The van der Waals surface area contributed by atoms with Crippen LogP contribution in [-0.2, 0) is 13.0 Å². The Hall–Kier alpha value is -1.30. The Bertz CT molecular complexity index is 415. The van der Waals surface area contributed by atoms with Crippen LogP contribution in [0, 0.1) is 17.3 Å². The lowest BCUT2D eigenvalue weighted by Crippen LogP contribution is -1.99. The number of hydrogen-bond donors (Lipinski definition) is 0. The SMILES string of the molecule is CCc1cn(CCCCCCC#CC(C)(C)C)nn1. The van der Waals surface area contributed by atoms with Crippen molar-refractivity contribution in [3.8, 4) is 11.8 Å². The Kier molecular flexibility index (Phi) is 6.62. The summed E-state index contributed by atoms with van der Waals surface area (Å²) in [4.78, 5) is 0. The largest absolute Gasteiger partial charge is 0.252 e. The molecule has 0 saturated heterocycles. The van der Waals surface area contributed by atoms with Gasteiger partial charge in [-0.1, -0.05) is 30.9 Å². The molecule has 0 unspecified atom stereocenters. The van der Waals surface area contributed by atoms with E-state index in [0.29, 0.717) is 0 Å². The number of unbranched alkanes of at least 4 members (excludes halogenated alkanes) is 4. The number of aromatic nitrogens is 3. The average molecular weight is 261 g/mol. The van der Waals surface area contributed by atoms with E-state index in [0.717, 1.165) is 25.1 Å². The first kappa shape index (κ1) is 15.8. The lowest BCUT2D eigenvalue weighted by molar-refractivity contribution is 0.524. The van der Waals surface area contributed by atoms with Crippen LogP contribution < -0.4 is 0 Å². The van der Waals surface area contributed by atoms with Crippen LogP contribution in [0.1, 0.15) is 65.5 Å². The molecule has 0 radical (unpaired) electrons. The first-order valence-electron chi connectivity index (χ1n) is 7.40. The van der Waals surface area contributed by atoms with Crippen molar-refractivity contribution >= 4 is 0 Å². The normalized spacial score (nSPS) is 11.2. The molecule has 0 fully saturated rings. The Balaban J connectivity index is 2.03. The minimum Gasteiger partial charge on any atom is -0.252 e. The van der Waals surface area contributed by atoms with Crippen molar-refractivity contribution in [1.29, 1.82) is 0 Å². The molecule has 0 aliphatic carbocycles. The second-order valence-electron chi connectivity index (χ2n) is 6.04. The van der Waals surface area contributed by atoms with Crippen LogP contribution in [0.25, 0.3) is 0 Å². The quantitative estimate of drug-likeness (QED) is 0.551. The summed E-state index contributed by atoms with van der Waals surface area (Å²) in [6, 6.07) is 0. The van der Waals surface area contributed by atoms with E-state index >= 15 is 0 Å². The van der Waals surface area contributed by atoms with Crippen molar-refractivity contribution in [3.05, 3.63) is 11.9 Å². The van der Waals surface area contributed by atoms with Crippen molar-refractivity contribution in [1.82, 2.24) is 15.0 Å². The van der Waals surface area contributed by atoms with E-state index in [4.69, 9.17) is 0 Å². The monoisotopic (exact) mass is 261 g/mol. The van der Waals surface area contributed by atoms with Gasteiger partial charge in [0.15, 0.2) is 0 Å². The number of hydrogen-bond acceptors (Lipinski definition) is 2. The minimum atomic E-state index is 0.143. The molecule has 106 valence electrons. The van der Waals surface area contributed by atoms with Crippen LogP contribution in [0.4, 0.5) is 0 Å². The Morgan fingerprint density at radius 3 is 2.53 bits per heavy atom. The van der Waals surface area contributed by atoms with Crippen molar-refractivity contribution in [2.75, 3.05) is 0 Å². The van der Waals surface area contributed by atoms with Gasteiger partial charge in [-0.2, -0.15) is 0 Å². The van der Waals surface area contributed by atoms with Crippen LogP contribution in [0.3, 0.4) is 0 Å². The standard InChI is InChI=1S/C16H27N3/c1-5-15-14-19(18-17-15)13-11-9-7-6-8-10-12-16(2,3)4/h14H,5-9,11,13H2,1-4H3. The molecule has 0 aliphatic heterocycles. The van der Waals surface area contributed by atoms with Gasteiger partial charge in [0.25, 0.3) is 0 Å². The van der Waals surface area contributed by atoms with E-state index in [1.54, 1.807) is 0 Å². The summed E-state index contributed by atoms with van der Waals surface area (Å²) in [7, 11) is 0. The van der Waals surface area contributed by atoms with E-state index in [-0.39, 0.29) is 5.41 Å². The van der Waals surface area contributed by atoms with Crippen molar-refractivity contribution < 1.29 is 0 Å². The number of nitrogens with zero attached hydrogens (tertiary/aromatic N) is 3. The Morgan fingerprint density at radius 2 is 1.89 bits per heavy atom. The highest BCUT2D eigenvalue weighted by molar-refractivity contribution is 5.06. The zero-order chi connectivity index (χ0) is 14.1. The maximum atomic E-state index is 4.11. The molecule has 1 rings (SSSR count). The van der Waals surface area contributed by atoms with E-state index in [1.165, 1.54) is 25.7 Å². The van der Waals surface area contributed by atoms with Gasteiger partial charge in [-0.25, -0.2) is 0 Å². The van der Waals surface area contributed by atoms with Crippen LogP contribution in [0.2, 0.25) is 0 Å². The van der Waals surface area contributed by atoms with E-state index < -0.39 is 0 Å². The van der Waals surface area contributed by atoms with Gasteiger partial charge in [-0.05, 0) is 40.0 Å². The molecule has 3 nitrogen and oxygen atoms in total. The highest BCUT2D eigenvalue weighted by atomic mass is 15.4. The topological polar surface area (TPSA) is 30.7 Å². The molecule has 19 heavy (non-hydrogen) atoms. The molecule has 0 amide bonds. The number of aryl methyl sites for hydroxylation is 2. The predicted molar refractivity (Wildman–Crippen MR) is 79.7 cm³/mol. The fraction of sp³-hybridized carbons (Fsp3) is 0.750. The molecule has 3 heteroatoms. The smallest absolute Gasteiger partial charge is 0.0824 e. The third kappa shape index (κ3) is 7.66.